The molecule has 2 rings (SSSR count). The first-order valence-corrected chi connectivity index (χ1v) is 8.55. The zero-order valence-electron chi connectivity index (χ0n) is 14.8. The Bertz CT molecular complexity index is 767. The number of nitrogens with one attached hydrogen (secondary N) is 2. The maximum Gasteiger partial charge on any atom is 0.317 e. The molecular weight excluding hydrogens is 354 g/mol. The minimum absolute atomic E-state index is 0.134. The van der Waals surface area contributed by atoms with Crippen LogP contribution < -0.4 is 15.4 Å². The first kappa shape index (κ1) is 19.6. The molecule has 0 aliphatic heterocycles. The van der Waals surface area contributed by atoms with E-state index in [1.165, 1.54) is 6.92 Å². The Hall–Kier alpha value is -2.73. The molecule has 2 aromatic rings. The third-order valence-corrected chi connectivity index (χ3v) is 3.76. The number of amides is 3. The van der Waals surface area contributed by atoms with Crippen LogP contribution in [0.25, 0.3) is 0 Å². The van der Waals surface area contributed by atoms with Crippen molar-refractivity contribution in [3.8, 4) is 5.75 Å². The van der Waals surface area contributed by atoms with E-state index in [-0.39, 0.29) is 11.9 Å². The second-order valence-corrected chi connectivity index (χ2v) is 6.20. The molecule has 0 unspecified atom stereocenters. The van der Waals surface area contributed by atoms with Crippen LogP contribution in [0.1, 0.15) is 12.5 Å². The average Bonchev–Trinajstić information content (AvgIpc) is 2.59. The number of carbonyl (C=O) groups is 2. The molecule has 7 heteroatoms. The van der Waals surface area contributed by atoms with Crippen molar-refractivity contribution in [2.24, 2.45) is 0 Å². The van der Waals surface area contributed by atoms with Crippen LogP contribution in [-0.2, 0) is 11.3 Å². The van der Waals surface area contributed by atoms with Gasteiger partial charge in [0.15, 0.2) is 0 Å². The largest absolute Gasteiger partial charge is 0.492 e. The number of ether oxygens (including phenoxy) is 1. The van der Waals surface area contributed by atoms with Crippen molar-refractivity contribution in [1.29, 1.82) is 0 Å². The number of hydrogen-bond acceptors (Lipinski definition) is 3. The SMILES string of the molecule is CC(=O)Nc1cccc(CNC(=O)N(C)CCOc2cccc(Cl)c2)c1. The molecule has 0 saturated heterocycles. The lowest BCUT2D eigenvalue weighted by Crippen LogP contribution is -2.39. The molecule has 0 heterocycles. The summed E-state index contributed by atoms with van der Waals surface area (Å²) in [5.74, 6) is 0.534. The number of nitrogens with zero attached hydrogens (tertiary/aromatic N) is 1. The Labute approximate surface area is 158 Å². The van der Waals surface area contributed by atoms with Crippen molar-refractivity contribution >= 4 is 29.2 Å². The minimum Gasteiger partial charge on any atom is -0.492 e. The van der Waals surface area contributed by atoms with E-state index in [0.29, 0.717) is 36.2 Å². The summed E-state index contributed by atoms with van der Waals surface area (Å²) in [7, 11) is 1.70. The molecule has 2 aromatic carbocycles. The smallest absolute Gasteiger partial charge is 0.317 e. The Morgan fingerprint density at radius 3 is 2.65 bits per heavy atom. The monoisotopic (exact) mass is 375 g/mol. The molecule has 0 radical (unpaired) electrons. The Morgan fingerprint density at radius 2 is 1.92 bits per heavy atom. The van der Waals surface area contributed by atoms with Crippen LogP contribution in [0.3, 0.4) is 0 Å². The lowest BCUT2D eigenvalue weighted by atomic mass is 10.2. The lowest BCUT2D eigenvalue weighted by Gasteiger charge is -2.18. The average molecular weight is 376 g/mol. The van der Waals surface area contributed by atoms with Crippen LogP contribution >= 0.6 is 11.6 Å². The summed E-state index contributed by atoms with van der Waals surface area (Å²) in [6.07, 6.45) is 0. The van der Waals surface area contributed by atoms with E-state index in [1.54, 1.807) is 30.1 Å². The molecule has 3 amide bonds. The molecule has 2 N–H and O–H groups in total. The molecule has 0 fully saturated rings. The van der Waals surface area contributed by atoms with Gasteiger partial charge >= 0.3 is 6.03 Å². The number of urea groups is 1. The van der Waals surface area contributed by atoms with Gasteiger partial charge in [0.2, 0.25) is 5.91 Å². The maximum atomic E-state index is 12.1. The highest BCUT2D eigenvalue weighted by Gasteiger charge is 2.08. The first-order chi connectivity index (χ1) is 12.4. The standard InChI is InChI=1S/C19H22ClN3O3/c1-14(24)22-17-7-3-5-15(11-17)13-21-19(25)23(2)9-10-26-18-8-4-6-16(20)12-18/h3-8,11-12H,9-10,13H2,1-2H3,(H,21,25)(H,22,24). The first-order valence-electron chi connectivity index (χ1n) is 8.18. The quantitative estimate of drug-likeness (QED) is 0.777. The summed E-state index contributed by atoms with van der Waals surface area (Å²) in [5.41, 5.74) is 1.60. The van der Waals surface area contributed by atoms with Crippen LogP contribution in [0.4, 0.5) is 10.5 Å². The predicted molar refractivity (Wildman–Crippen MR) is 103 cm³/mol. The van der Waals surface area contributed by atoms with Gasteiger partial charge in [-0.3, -0.25) is 4.79 Å². The number of benzene rings is 2. The van der Waals surface area contributed by atoms with Gasteiger partial charge in [-0.25, -0.2) is 4.79 Å². The zero-order valence-corrected chi connectivity index (χ0v) is 15.5. The molecule has 6 nitrogen and oxygen atoms in total. The van der Waals surface area contributed by atoms with Gasteiger partial charge in [-0.05, 0) is 35.9 Å². The number of halogens is 1. The molecule has 138 valence electrons. The number of rotatable bonds is 7. The van der Waals surface area contributed by atoms with Gasteiger partial charge in [-0.15, -0.1) is 0 Å². The van der Waals surface area contributed by atoms with E-state index in [0.717, 1.165) is 5.56 Å². The number of hydrogen-bond donors (Lipinski definition) is 2. The summed E-state index contributed by atoms with van der Waals surface area (Å²) in [5, 5.41) is 6.16. The van der Waals surface area contributed by atoms with E-state index < -0.39 is 0 Å². The molecule has 0 aliphatic rings. The fourth-order valence-corrected chi connectivity index (χ4v) is 2.41. The molecule has 0 aromatic heterocycles. The van der Waals surface area contributed by atoms with E-state index in [2.05, 4.69) is 10.6 Å². The van der Waals surface area contributed by atoms with Crippen LogP contribution in [0, 0.1) is 0 Å². The van der Waals surface area contributed by atoms with Crippen LogP contribution in [0.2, 0.25) is 5.02 Å². The second kappa shape index (κ2) is 9.68. The summed E-state index contributed by atoms with van der Waals surface area (Å²) in [6.45, 7) is 2.62. The normalized spacial score (nSPS) is 10.1. The van der Waals surface area contributed by atoms with E-state index >= 15 is 0 Å². The fourth-order valence-electron chi connectivity index (χ4n) is 2.23. The molecule has 0 bridgehead atoms. The summed E-state index contributed by atoms with van der Waals surface area (Å²) in [4.78, 5) is 24.8. The summed E-state index contributed by atoms with van der Waals surface area (Å²) >= 11 is 5.90. The minimum atomic E-state index is -0.204. The zero-order chi connectivity index (χ0) is 18.9. The van der Waals surface area contributed by atoms with Crippen molar-refractivity contribution in [2.75, 3.05) is 25.5 Å². The van der Waals surface area contributed by atoms with Crippen LogP contribution in [-0.4, -0.2) is 37.0 Å². The Morgan fingerprint density at radius 1 is 1.15 bits per heavy atom. The van der Waals surface area contributed by atoms with Crippen molar-refractivity contribution in [2.45, 2.75) is 13.5 Å². The molecule has 0 spiro atoms. The highest BCUT2D eigenvalue weighted by atomic mass is 35.5. The van der Waals surface area contributed by atoms with E-state index in [1.807, 2.05) is 30.3 Å². The Kier molecular flexibility index (Phi) is 7.29. The topological polar surface area (TPSA) is 70.7 Å². The van der Waals surface area contributed by atoms with Gasteiger partial charge in [0.05, 0.1) is 6.54 Å². The third-order valence-electron chi connectivity index (χ3n) is 3.53. The highest BCUT2D eigenvalue weighted by Crippen LogP contribution is 2.16. The van der Waals surface area contributed by atoms with E-state index in [9.17, 15) is 9.59 Å². The maximum absolute atomic E-state index is 12.1. The fraction of sp³-hybridized carbons (Fsp3) is 0.263. The van der Waals surface area contributed by atoms with Gasteiger partial charge in [0, 0.05) is 31.2 Å². The summed E-state index contributed by atoms with van der Waals surface area (Å²) in [6, 6.07) is 14.2. The summed E-state index contributed by atoms with van der Waals surface area (Å²) < 4.78 is 5.58. The predicted octanol–water partition coefficient (Wildman–Crippen LogP) is 3.52. The van der Waals surface area contributed by atoms with Gasteiger partial charge in [-0.1, -0.05) is 29.8 Å². The van der Waals surface area contributed by atoms with Crippen LogP contribution in [0.15, 0.2) is 48.5 Å². The molecule has 0 atom stereocenters. The van der Waals surface area contributed by atoms with Crippen molar-refractivity contribution in [3.63, 3.8) is 0 Å². The second-order valence-electron chi connectivity index (χ2n) is 5.77. The highest BCUT2D eigenvalue weighted by molar-refractivity contribution is 6.30. The van der Waals surface area contributed by atoms with Crippen molar-refractivity contribution < 1.29 is 14.3 Å². The van der Waals surface area contributed by atoms with Crippen molar-refractivity contribution in [3.05, 3.63) is 59.1 Å². The molecule has 0 saturated carbocycles. The third kappa shape index (κ3) is 6.64. The molecular formula is C19H22ClN3O3. The van der Waals surface area contributed by atoms with Crippen molar-refractivity contribution in [1.82, 2.24) is 10.2 Å². The molecule has 0 aliphatic carbocycles. The van der Waals surface area contributed by atoms with Gasteiger partial charge < -0.3 is 20.3 Å². The molecule has 26 heavy (non-hydrogen) atoms. The van der Waals surface area contributed by atoms with E-state index in [4.69, 9.17) is 16.3 Å². The van der Waals surface area contributed by atoms with Gasteiger partial charge in [-0.2, -0.15) is 0 Å². The lowest BCUT2D eigenvalue weighted by molar-refractivity contribution is -0.114. The number of carbonyl (C=O) groups excluding carboxylic acids is 2. The Balaban J connectivity index is 1.75. The van der Waals surface area contributed by atoms with Crippen LogP contribution in [0.5, 0.6) is 5.75 Å². The number of likely N-dealkylation sites (N-methyl/N-ethyl adjacent to an activating group) is 1. The van der Waals surface area contributed by atoms with Gasteiger partial charge in [0.25, 0.3) is 0 Å². The van der Waals surface area contributed by atoms with Gasteiger partial charge in [0.1, 0.15) is 12.4 Å². The number of anilines is 1.